The number of halogens is 3. The fourth-order valence-corrected chi connectivity index (χ4v) is 4.74. The zero-order chi connectivity index (χ0) is 25.9. The Bertz CT molecular complexity index is 1240. The van der Waals surface area contributed by atoms with Crippen LogP contribution in [0.3, 0.4) is 0 Å². The van der Waals surface area contributed by atoms with E-state index in [-0.39, 0.29) is 33.7 Å². The van der Waals surface area contributed by atoms with E-state index in [1.165, 1.54) is 18.9 Å². The number of methoxy groups -OCH3 is 1. The minimum atomic E-state index is -4.62. The maximum Gasteiger partial charge on any atom is 0.433 e. The Hall–Kier alpha value is -3.10. The number of rotatable bonds is 7. The Labute approximate surface area is 211 Å². The smallest absolute Gasteiger partial charge is 0.433 e. The molecule has 0 saturated carbocycles. The predicted molar refractivity (Wildman–Crippen MR) is 132 cm³/mol. The summed E-state index contributed by atoms with van der Waals surface area (Å²) in [4.78, 5) is 17.9. The van der Waals surface area contributed by atoms with Gasteiger partial charge in [-0.15, -0.1) is 11.8 Å². The molecule has 2 aromatic rings. The summed E-state index contributed by atoms with van der Waals surface area (Å²) in [5.41, 5.74) is 0.936. The number of amides is 1. The molecule has 2 heterocycles. The average molecular weight is 521 g/mol. The van der Waals surface area contributed by atoms with Gasteiger partial charge < -0.3 is 10.1 Å². The minimum absolute atomic E-state index is 0.00653. The average Bonchev–Trinajstić information content (AvgIpc) is 3.03. The van der Waals surface area contributed by atoms with Gasteiger partial charge in [0.1, 0.15) is 28.2 Å². The van der Waals surface area contributed by atoms with Gasteiger partial charge in [-0.1, -0.05) is 19.9 Å². The van der Waals surface area contributed by atoms with Crippen molar-refractivity contribution in [1.29, 1.82) is 5.26 Å². The van der Waals surface area contributed by atoms with Crippen LogP contribution in [0.2, 0.25) is 0 Å². The molecule has 1 aromatic heterocycles. The highest BCUT2D eigenvalue weighted by Gasteiger charge is 2.34. The van der Waals surface area contributed by atoms with E-state index >= 15 is 0 Å². The molecule has 11 heteroatoms. The van der Waals surface area contributed by atoms with Gasteiger partial charge in [0, 0.05) is 17.9 Å². The van der Waals surface area contributed by atoms with Crippen molar-refractivity contribution in [3.63, 3.8) is 0 Å². The van der Waals surface area contributed by atoms with E-state index in [2.05, 4.69) is 10.3 Å². The van der Waals surface area contributed by atoms with Crippen molar-refractivity contribution in [2.75, 3.05) is 13.7 Å². The first-order chi connectivity index (χ1) is 16.4. The number of thiocarbonyl (C=S) groups is 1. The van der Waals surface area contributed by atoms with Crippen LogP contribution in [-0.4, -0.2) is 34.6 Å². The molecule has 0 bridgehead atoms. The van der Waals surface area contributed by atoms with Crippen molar-refractivity contribution in [2.24, 2.45) is 5.92 Å². The lowest BCUT2D eigenvalue weighted by Crippen LogP contribution is -2.33. The Morgan fingerprint density at radius 2 is 2.06 bits per heavy atom. The highest BCUT2D eigenvalue weighted by atomic mass is 32.2. The van der Waals surface area contributed by atoms with Gasteiger partial charge >= 0.3 is 6.18 Å². The first kappa shape index (κ1) is 26.5. The second-order valence-electron chi connectivity index (χ2n) is 8.27. The maximum atomic E-state index is 13.2. The van der Waals surface area contributed by atoms with E-state index in [1.54, 1.807) is 24.3 Å². The molecule has 1 aliphatic heterocycles. The normalized spacial score (nSPS) is 15.1. The molecule has 6 nitrogen and oxygen atoms in total. The number of thioether (sulfide) groups is 1. The van der Waals surface area contributed by atoms with Crippen LogP contribution in [0.5, 0.6) is 5.75 Å². The molecule has 184 valence electrons. The summed E-state index contributed by atoms with van der Waals surface area (Å²) in [7, 11) is 1.49. The lowest BCUT2D eigenvalue weighted by Gasteiger charge is -2.16. The number of carbonyl (C=O) groups is 1. The van der Waals surface area contributed by atoms with Gasteiger partial charge in [0.15, 0.2) is 5.11 Å². The fourth-order valence-electron chi connectivity index (χ4n) is 3.45. The number of carbonyl (C=O) groups excluding carboxylic acids is 1. The standard InChI is InChI=1S/C24H23F3N4O2S2/c1-13(2)11-31-22(32)18(29-23(31)34)9-15-5-6-19(33-4)16(8-15)12-35-21-17(10-28)14(3)7-20(30-21)24(25,26)27/h5-9,13H,11-12H2,1-4H3,(H,29,34)/b18-9+. The molecule has 1 amide bonds. The van der Waals surface area contributed by atoms with Gasteiger partial charge in [0.05, 0.1) is 12.7 Å². The van der Waals surface area contributed by atoms with Crippen LogP contribution in [-0.2, 0) is 16.7 Å². The van der Waals surface area contributed by atoms with Crippen LogP contribution in [0, 0.1) is 24.2 Å². The summed E-state index contributed by atoms with van der Waals surface area (Å²) in [5.74, 6) is 0.735. The lowest BCUT2D eigenvalue weighted by molar-refractivity contribution is -0.141. The molecule has 0 unspecified atom stereocenters. The number of hydrogen-bond donors (Lipinski definition) is 1. The van der Waals surface area contributed by atoms with Crippen molar-refractivity contribution in [1.82, 2.24) is 15.2 Å². The first-order valence-corrected chi connectivity index (χ1v) is 12.0. The molecule has 3 rings (SSSR count). The van der Waals surface area contributed by atoms with E-state index in [0.29, 0.717) is 34.2 Å². The number of aryl methyl sites for hydroxylation is 1. The lowest BCUT2D eigenvalue weighted by atomic mass is 10.1. The fraction of sp³-hybridized carbons (Fsp3) is 0.333. The van der Waals surface area contributed by atoms with Crippen molar-refractivity contribution in [3.8, 4) is 11.8 Å². The highest BCUT2D eigenvalue weighted by molar-refractivity contribution is 7.98. The molecule has 1 fully saturated rings. The van der Waals surface area contributed by atoms with Crippen LogP contribution in [0.1, 0.15) is 41.8 Å². The van der Waals surface area contributed by atoms with Crippen molar-refractivity contribution < 1.29 is 22.7 Å². The maximum absolute atomic E-state index is 13.2. The van der Waals surface area contributed by atoms with E-state index < -0.39 is 11.9 Å². The molecular weight excluding hydrogens is 497 g/mol. The van der Waals surface area contributed by atoms with Gasteiger partial charge in [-0.2, -0.15) is 18.4 Å². The van der Waals surface area contributed by atoms with Crippen molar-refractivity contribution >= 4 is 41.1 Å². The van der Waals surface area contributed by atoms with E-state index in [1.807, 2.05) is 19.9 Å². The molecule has 1 saturated heterocycles. The summed E-state index contributed by atoms with van der Waals surface area (Å²) in [6.07, 6.45) is -2.96. The summed E-state index contributed by atoms with van der Waals surface area (Å²) >= 11 is 6.29. The molecule has 1 N–H and O–H groups in total. The van der Waals surface area contributed by atoms with Crippen LogP contribution in [0.25, 0.3) is 6.08 Å². The number of benzene rings is 1. The summed E-state index contributed by atoms with van der Waals surface area (Å²) < 4.78 is 45.1. The Balaban J connectivity index is 1.90. The zero-order valence-electron chi connectivity index (χ0n) is 19.5. The number of alkyl halides is 3. The van der Waals surface area contributed by atoms with E-state index in [0.717, 1.165) is 17.8 Å². The van der Waals surface area contributed by atoms with E-state index in [4.69, 9.17) is 17.0 Å². The summed E-state index contributed by atoms with van der Waals surface area (Å²) in [6, 6.07) is 8.05. The Kier molecular flexibility index (Phi) is 8.07. The molecular formula is C24H23F3N4O2S2. The number of aromatic nitrogens is 1. The Morgan fingerprint density at radius 1 is 1.34 bits per heavy atom. The number of ether oxygens (including phenoxy) is 1. The second kappa shape index (κ2) is 10.7. The predicted octanol–water partition coefficient (Wildman–Crippen LogP) is 5.30. The number of hydrogen-bond acceptors (Lipinski definition) is 6. The molecule has 0 radical (unpaired) electrons. The van der Waals surface area contributed by atoms with Gasteiger partial charge in [-0.05, 0) is 60.5 Å². The first-order valence-electron chi connectivity index (χ1n) is 10.6. The van der Waals surface area contributed by atoms with Gasteiger partial charge in [0.25, 0.3) is 5.91 Å². The summed E-state index contributed by atoms with van der Waals surface area (Å²) in [6.45, 7) is 5.93. The topological polar surface area (TPSA) is 78.2 Å². The molecule has 35 heavy (non-hydrogen) atoms. The number of pyridine rings is 1. The minimum Gasteiger partial charge on any atom is -0.496 e. The largest absolute Gasteiger partial charge is 0.496 e. The van der Waals surface area contributed by atoms with Gasteiger partial charge in [-0.3, -0.25) is 9.69 Å². The van der Waals surface area contributed by atoms with E-state index in [9.17, 15) is 23.2 Å². The molecule has 0 atom stereocenters. The van der Waals surface area contributed by atoms with Crippen LogP contribution < -0.4 is 10.1 Å². The SMILES string of the molecule is COc1ccc(/C=C2/NC(=S)N(CC(C)C)C2=O)cc1CSc1nc(C(F)(F)F)cc(C)c1C#N. The quantitative estimate of drug-likeness (QED) is 0.302. The Morgan fingerprint density at radius 3 is 2.66 bits per heavy atom. The molecule has 1 aliphatic rings. The van der Waals surface area contributed by atoms with Gasteiger partial charge in [0.2, 0.25) is 0 Å². The highest BCUT2D eigenvalue weighted by Crippen LogP contribution is 2.35. The van der Waals surface area contributed by atoms with Crippen LogP contribution in [0.4, 0.5) is 13.2 Å². The zero-order valence-corrected chi connectivity index (χ0v) is 21.1. The third-order valence-corrected chi connectivity index (χ3v) is 6.42. The number of nitrogens with zero attached hydrogens (tertiary/aromatic N) is 3. The molecule has 0 aliphatic carbocycles. The van der Waals surface area contributed by atoms with Crippen molar-refractivity contribution in [2.45, 2.75) is 37.7 Å². The van der Waals surface area contributed by atoms with Gasteiger partial charge in [-0.25, -0.2) is 4.98 Å². The number of nitriles is 1. The summed E-state index contributed by atoms with van der Waals surface area (Å²) in [5, 5.41) is 12.7. The van der Waals surface area contributed by atoms with Crippen LogP contribution in [0.15, 0.2) is 35.0 Å². The second-order valence-corrected chi connectivity index (χ2v) is 9.62. The van der Waals surface area contributed by atoms with Crippen LogP contribution >= 0.6 is 24.0 Å². The third-order valence-electron chi connectivity index (χ3n) is 5.08. The molecule has 0 spiro atoms. The third kappa shape index (κ3) is 6.13. The number of nitrogens with one attached hydrogen (secondary N) is 1. The molecule has 1 aromatic carbocycles. The monoisotopic (exact) mass is 520 g/mol. The van der Waals surface area contributed by atoms with Crippen molar-refractivity contribution in [3.05, 3.63) is 57.9 Å².